The number of fused-ring (bicyclic) bond motifs is 1. The molecule has 0 fully saturated rings. The summed E-state index contributed by atoms with van der Waals surface area (Å²) in [6, 6.07) is 4.07. The fourth-order valence-corrected chi connectivity index (χ4v) is 3.75. The molecule has 6 nitrogen and oxygen atoms in total. The fourth-order valence-electron chi connectivity index (χ4n) is 2.46. The zero-order chi connectivity index (χ0) is 16.3. The second-order valence-electron chi connectivity index (χ2n) is 5.48. The molecule has 7 heteroatoms. The third-order valence-electron chi connectivity index (χ3n) is 3.77. The largest absolute Gasteiger partial charge is 0.480 e. The van der Waals surface area contributed by atoms with E-state index in [2.05, 4.69) is 5.32 Å². The van der Waals surface area contributed by atoms with Crippen LogP contribution in [0.15, 0.2) is 23.1 Å². The van der Waals surface area contributed by atoms with Gasteiger partial charge in [-0.25, -0.2) is 8.42 Å². The summed E-state index contributed by atoms with van der Waals surface area (Å²) in [6.07, 6.45) is 2.64. The number of carbonyl (C=O) groups excluding carboxylic acids is 1. The number of benzene rings is 1. The Labute approximate surface area is 129 Å². The molecule has 1 atom stereocenters. The van der Waals surface area contributed by atoms with E-state index in [0.29, 0.717) is 0 Å². The number of rotatable bonds is 6. The number of hydrogen-bond acceptors (Lipinski definition) is 4. The number of amides is 1. The van der Waals surface area contributed by atoms with Crippen molar-refractivity contribution in [2.45, 2.75) is 43.5 Å². The van der Waals surface area contributed by atoms with Gasteiger partial charge >= 0.3 is 5.97 Å². The Morgan fingerprint density at radius 3 is 2.64 bits per heavy atom. The number of carboxylic acids is 1. The Morgan fingerprint density at radius 1 is 1.27 bits per heavy atom. The van der Waals surface area contributed by atoms with Crippen LogP contribution in [0.4, 0.5) is 0 Å². The summed E-state index contributed by atoms with van der Waals surface area (Å²) in [5.74, 6) is -2.07. The van der Waals surface area contributed by atoms with Gasteiger partial charge in [-0.05, 0) is 49.4 Å². The highest BCUT2D eigenvalue weighted by Gasteiger charge is 2.21. The molecule has 0 aromatic heterocycles. The summed E-state index contributed by atoms with van der Waals surface area (Å²) in [6.45, 7) is 1.33. The Bertz CT molecular complexity index is 696. The lowest BCUT2D eigenvalue weighted by Gasteiger charge is -2.10. The smallest absolute Gasteiger partial charge is 0.325 e. The molecule has 0 spiro atoms. The number of hydrogen-bond donors (Lipinski definition) is 2. The Morgan fingerprint density at radius 2 is 1.95 bits per heavy atom. The molecule has 0 heterocycles. The molecule has 0 bridgehead atoms. The minimum Gasteiger partial charge on any atom is -0.480 e. The molecule has 1 amide bonds. The van der Waals surface area contributed by atoms with E-state index in [9.17, 15) is 18.0 Å². The van der Waals surface area contributed by atoms with Crippen LogP contribution in [0.1, 0.15) is 30.9 Å². The molecule has 120 valence electrons. The van der Waals surface area contributed by atoms with Gasteiger partial charge in [0.25, 0.3) is 0 Å². The first-order valence-corrected chi connectivity index (χ1v) is 8.81. The molecule has 0 saturated carbocycles. The van der Waals surface area contributed by atoms with E-state index in [1.165, 1.54) is 12.5 Å². The molecular weight excluding hydrogens is 306 g/mol. The van der Waals surface area contributed by atoms with Crippen LogP contribution in [0.3, 0.4) is 0 Å². The molecule has 22 heavy (non-hydrogen) atoms. The average Bonchev–Trinajstić information content (AvgIpc) is 2.92. The molecule has 1 aromatic carbocycles. The van der Waals surface area contributed by atoms with E-state index in [1.54, 1.807) is 12.1 Å². The van der Waals surface area contributed by atoms with Crippen molar-refractivity contribution in [3.05, 3.63) is 29.3 Å². The van der Waals surface area contributed by atoms with E-state index < -0.39 is 27.8 Å². The number of carboxylic acid groups (broad SMARTS) is 1. The first-order chi connectivity index (χ1) is 10.3. The fraction of sp³-hybridized carbons (Fsp3) is 0.467. The number of nitrogens with one attached hydrogen (secondary N) is 1. The van der Waals surface area contributed by atoms with Gasteiger partial charge in [-0.2, -0.15) is 0 Å². The highest BCUT2D eigenvalue weighted by Crippen LogP contribution is 2.25. The maximum atomic E-state index is 12.3. The van der Waals surface area contributed by atoms with Crippen LogP contribution < -0.4 is 5.32 Å². The maximum Gasteiger partial charge on any atom is 0.325 e. The molecule has 0 aliphatic heterocycles. The third-order valence-corrected chi connectivity index (χ3v) is 5.49. The van der Waals surface area contributed by atoms with Crippen LogP contribution in [0, 0.1) is 0 Å². The summed E-state index contributed by atoms with van der Waals surface area (Å²) in [5.41, 5.74) is 2.25. The van der Waals surface area contributed by atoms with Crippen molar-refractivity contribution in [3.8, 4) is 0 Å². The van der Waals surface area contributed by atoms with Crippen molar-refractivity contribution in [2.75, 3.05) is 5.75 Å². The van der Waals surface area contributed by atoms with Gasteiger partial charge in [0.2, 0.25) is 5.91 Å². The summed E-state index contributed by atoms with van der Waals surface area (Å²) in [7, 11) is -3.54. The zero-order valence-corrected chi connectivity index (χ0v) is 13.1. The van der Waals surface area contributed by atoms with Crippen LogP contribution in [0.25, 0.3) is 0 Å². The maximum absolute atomic E-state index is 12.3. The van der Waals surface area contributed by atoms with E-state index in [1.807, 2.05) is 6.07 Å². The molecule has 0 saturated heterocycles. The van der Waals surface area contributed by atoms with Crippen molar-refractivity contribution in [1.82, 2.24) is 5.32 Å². The van der Waals surface area contributed by atoms with Gasteiger partial charge in [-0.3, -0.25) is 9.59 Å². The van der Waals surface area contributed by atoms with Crippen LogP contribution in [0.2, 0.25) is 0 Å². The Balaban J connectivity index is 1.99. The van der Waals surface area contributed by atoms with E-state index >= 15 is 0 Å². The molecule has 1 aliphatic carbocycles. The SMILES string of the molecule is CC(NC(=O)CCS(=O)(=O)c1ccc2c(c1)CCC2)C(=O)O. The molecule has 1 aliphatic rings. The van der Waals surface area contributed by atoms with Crippen molar-refractivity contribution < 1.29 is 23.1 Å². The normalized spacial score (nSPS) is 15.1. The minimum atomic E-state index is -3.54. The lowest BCUT2D eigenvalue weighted by Crippen LogP contribution is -2.38. The minimum absolute atomic E-state index is 0.229. The predicted octanol–water partition coefficient (Wildman–Crippen LogP) is 0.928. The topological polar surface area (TPSA) is 101 Å². The Kier molecular flexibility index (Phi) is 4.85. The van der Waals surface area contributed by atoms with Gasteiger partial charge in [0.05, 0.1) is 10.6 Å². The number of aryl methyl sites for hydroxylation is 2. The number of carbonyl (C=O) groups is 2. The molecular formula is C15H19NO5S. The summed E-state index contributed by atoms with van der Waals surface area (Å²) >= 11 is 0. The van der Waals surface area contributed by atoms with Gasteiger partial charge in [0.15, 0.2) is 9.84 Å². The average molecular weight is 325 g/mol. The Hall–Kier alpha value is -1.89. The quantitative estimate of drug-likeness (QED) is 0.810. The van der Waals surface area contributed by atoms with Crippen molar-refractivity contribution in [2.24, 2.45) is 0 Å². The van der Waals surface area contributed by atoms with Crippen molar-refractivity contribution in [3.63, 3.8) is 0 Å². The van der Waals surface area contributed by atoms with Gasteiger partial charge in [0, 0.05) is 6.42 Å². The summed E-state index contributed by atoms with van der Waals surface area (Å²) < 4.78 is 24.5. The third kappa shape index (κ3) is 3.85. The van der Waals surface area contributed by atoms with Gasteiger partial charge in [0.1, 0.15) is 6.04 Å². The van der Waals surface area contributed by atoms with Crippen LogP contribution in [-0.4, -0.2) is 37.2 Å². The zero-order valence-electron chi connectivity index (χ0n) is 12.3. The van der Waals surface area contributed by atoms with Gasteiger partial charge in [-0.1, -0.05) is 6.07 Å². The highest BCUT2D eigenvalue weighted by molar-refractivity contribution is 7.91. The lowest BCUT2D eigenvalue weighted by atomic mass is 10.1. The molecule has 2 N–H and O–H groups in total. The lowest BCUT2D eigenvalue weighted by molar-refractivity contribution is -0.141. The van der Waals surface area contributed by atoms with E-state index in [0.717, 1.165) is 24.8 Å². The van der Waals surface area contributed by atoms with Gasteiger partial charge in [-0.15, -0.1) is 0 Å². The monoisotopic (exact) mass is 325 g/mol. The molecule has 2 rings (SSSR count). The van der Waals surface area contributed by atoms with Crippen LogP contribution in [0.5, 0.6) is 0 Å². The van der Waals surface area contributed by atoms with Crippen LogP contribution in [-0.2, 0) is 32.3 Å². The van der Waals surface area contributed by atoms with Crippen LogP contribution >= 0.6 is 0 Å². The number of sulfone groups is 1. The first-order valence-electron chi connectivity index (χ1n) is 7.16. The molecule has 1 aromatic rings. The summed E-state index contributed by atoms with van der Waals surface area (Å²) in [5, 5.41) is 10.9. The summed E-state index contributed by atoms with van der Waals surface area (Å²) in [4.78, 5) is 22.4. The van der Waals surface area contributed by atoms with Gasteiger partial charge < -0.3 is 10.4 Å². The molecule has 1 unspecified atom stereocenters. The highest BCUT2D eigenvalue weighted by atomic mass is 32.2. The van der Waals surface area contributed by atoms with Crippen molar-refractivity contribution in [1.29, 1.82) is 0 Å². The second kappa shape index (κ2) is 6.48. The first kappa shape index (κ1) is 16.5. The standard InChI is InChI=1S/C15H19NO5S/c1-10(15(18)19)16-14(17)7-8-22(20,21)13-6-5-11-3-2-4-12(11)9-13/h5-6,9-10H,2-4,7-8H2,1H3,(H,16,17)(H,18,19). The second-order valence-corrected chi connectivity index (χ2v) is 7.59. The molecule has 0 radical (unpaired) electrons. The van der Waals surface area contributed by atoms with E-state index in [4.69, 9.17) is 5.11 Å². The number of aliphatic carboxylic acids is 1. The van der Waals surface area contributed by atoms with Crippen molar-refractivity contribution >= 4 is 21.7 Å². The predicted molar refractivity (Wildman–Crippen MR) is 80.4 cm³/mol. The van der Waals surface area contributed by atoms with E-state index in [-0.39, 0.29) is 17.1 Å².